The van der Waals surface area contributed by atoms with Crippen molar-refractivity contribution < 1.29 is 4.74 Å². The van der Waals surface area contributed by atoms with Gasteiger partial charge in [0.05, 0.1) is 19.9 Å². The first-order valence-electron chi connectivity index (χ1n) is 9.85. The molecule has 9 nitrogen and oxygen atoms in total. The molecule has 1 aromatic carbocycles. The molecule has 5 N–H and O–H groups in total. The van der Waals surface area contributed by atoms with Crippen LogP contribution in [0.4, 0.5) is 11.8 Å². The Labute approximate surface area is 170 Å². The second-order valence-electron chi connectivity index (χ2n) is 7.67. The topological polar surface area (TPSA) is 120 Å². The molecule has 0 aliphatic carbocycles. The van der Waals surface area contributed by atoms with E-state index in [1.54, 1.807) is 18.0 Å². The molecule has 1 aliphatic rings. The van der Waals surface area contributed by atoms with Gasteiger partial charge in [0.15, 0.2) is 5.82 Å². The molecule has 1 fully saturated rings. The zero-order valence-electron chi connectivity index (χ0n) is 17.1. The molecule has 1 unspecified atom stereocenters. The van der Waals surface area contributed by atoms with Crippen LogP contribution in [0.15, 0.2) is 24.4 Å². The van der Waals surface area contributed by atoms with Crippen LogP contribution in [0.3, 0.4) is 0 Å². The van der Waals surface area contributed by atoms with Crippen LogP contribution >= 0.6 is 0 Å². The van der Waals surface area contributed by atoms with Gasteiger partial charge in [0.1, 0.15) is 16.8 Å². The maximum absolute atomic E-state index is 6.05. The maximum Gasteiger partial charge on any atom is 0.222 e. The highest BCUT2D eigenvalue weighted by Crippen LogP contribution is 2.28. The number of benzene rings is 1. The summed E-state index contributed by atoms with van der Waals surface area (Å²) in [5.41, 5.74) is 15.3. The van der Waals surface area contributed by atoms with Crippen molar-refractivity contribution in [1.29, 1.82) is 0 Å². The Kier molecular flexibility index (Phi) is 5.25. The molecule has 0 saturated carbocycles. The predicted molar refractivity (Wildman–Crippen MR) is 114 cm³/mol. The number of hydrogen-bond donors (Lipinski definition) is 3. The molecule has 2 aromatic heterocycles. The fourth-order valence-electron chi connectivity index (χ4n) is 3.90. The van der Waals surface area contributed by atoms with Crippen molar-refractivity contribution in [1.82, 2.24) is 30.0 Å². The number of piperazine rings is 1. The summed E-state index contributed by atoms with van der Waals surface area (Å²) in [5.74, 6) is 1.29. The van der Waals surface area contributed by atoms with Crippen LogP contribution < -0.4 is 21.5 Å². The number of aromatic nitrogens is 4. The van der Waals surface area contributed by atoms with Gasteiger partial charge in [-0.3, -0.25) is 9.58 Å². The first-order valence-corrected chi connectivity index (χ1v) is 9.85. The van der Waals surface area contributed by atoms with Crippen molar-refractivity contribution in [2.45, 2.75) is 32.5 Å². The summed E-state index contributed by atoms with van der Waals surface area (Å²) < 4.78 is 7.48. The molecule has 154 valence electrons. The lowest BCUT2D eigenvalue weighted by Crippen LogP contribution is -2.48. The van der Waals surface area contributed by atoms with E-state index in [0.29, 0.717) is 29.4 Å². The lowest BCUT2D eigenvalue weighted by molar-refractivity contribution is 0.162. The Balaban J connectivity index is 1.61. The molecule has 29 heavy (non-hydrogen) atoms. The molecular formula is C20H28N8O. The first-order chi connectivity index (χ1) is 14.0. The van der Waals surface area contributed by atoms with E-state index in [1.165, 1.54) is 5.56 Å². The maximum atomic E-state index is 6.05. The van der Waals surface area contributed by atoms with Gasteiger partial charge in [-0.1, -0.05) is 12.1 Å². The summed E-state index contributed by atoms with van der Waals surface area (Å²) >= 11 is 0. The molecule has 4 rings (SSSR count). The third-order valence-corrected chi connectivity index (χ3v) is 5.50. The summed E-state index contributed by atoms with van der Waals surface area (Å²) in [5, 5.41) is 8.03. The minimum atomic E-state index is 0.145. The van der Waals surface area contributed by atoms with E-state index in [1.807, 2.05) is 0 Å². The Morgan fingerprint density at radius 3 is 2.86 bits per heavy atom. The van der Waals surface area contributed by atoms with E-state index in [4.69, 9.17) is 16.2 Å². The average Bonchev–Trinajstić information content (AvgIpc) is 3.11. The van der Waals surface area contributed by atoms with E-state index in [-0.39, 0.29) is 12.0 Å². The van der Waals surface area contributed by atoms with Crippen LogP contribution in [0.1, 0.15) is 31.0 Å². The zero-order chi connectivity index (χ0) is 20.5. The first kappa shape index (κ1) is 19.4. The van der Waals surface area contributed by atoms with Crippen LogP contribution in [0.5, 0.6) is 5.75 Å². The number of nitrogens with one attached hydrogen (secondary N) is 1. The van der Waals surface area contributed by atoms with Crippen molar-refractivity contribution in [3.63, 3.8) is 0 Å². The summed E-state index contributed by atoms with van der Waals surface area (Å²) in [6.45, 7) is 8.02. The second-order valence-corrected chi connectivity index (χ2v) is 7.67. The van der Waals surface area contributed by atoms with Gasteiger partial charge in [-0.25, -0.2) is 4.98 Å². The van der Waals surface area contributed by atoms with Gasteiger partial charge in [-0.15, -0.1) is 0 Å². The van der Waals surface area contributed by atoms with Crippen LogP contribution in [0.2, 0.25) is 0 Å². The van der Waals surface area contributed by atoms with E-state index in [9.17, 15) is 0 Å². The van der Waals surface area contributed by atoms with Gasteiger partial charge < -0.3 is 21.5 Å². The number of nitrogens with two attached hydrogens (primary N) is 2. The van der Waals surface area contributed by atoms with E-state index in [2.05, 4.69) is 57.3 Å². The number of ether oxygens (including phenoxy) is 1. The molecule has 3 aromatic rings. The summed E-state index contributed by atoms with van der Waals surface area (Å²) in [6.07, 6.45) is 1.65. The van der Waals surface area contributed by atoms with Crippen molar-refractivity contribution >= 4 is 22.8 Å². The molecule has 0 amide bonds. The highest BCUT2D eigenvalue weighted by Gasteiger charge is 2.23. The highest BCUT2D eigenvalue weighted by molar-refractivity contribution is 5.85. The Bertz CT molecular complexity index is 1020. The normalized spacial score (nSPS) is 17.9. The number of fused-ring (bicyclic) bond motifs is 1. The van der Waals surface area contributed by atoms with Crippen LogP contribution in [0, 0.1) is 0 Å². The van der Waals surface area contributed by atoms with Gasteiger partial charge >= 0.3 is 0 Å². The Hall–Kier alpha value is -2.91. The van der Waals surface area contributed by atoms with E-state index >= 15 is 0 Å². The number of rotatable bonds is 5. The standard InChI is InChI=1S/C20H28N8O/c1-12(2)27-7-6-23-16(11-27)13-4-5-14(17(8-13)29-3)10-28-18-15(9-24-28)25-20(22)26-19(18)21/h4-5,8-9,12,16,23H,6-7,10-11H2,1-3H3,(H4,21,22,25,26). The number of hydrogen-bond acceptors (Lipinski definition) is 8. The van der Waals surface area contributed by atoms with Crippen LogP contribution in [-0.2, 0) is 6.54 Å². The van der Waals surface area contributed by atoms with Crippen LogP contribution in [-0.4, -0.2) is 57.4 Å². The zero-order valence-corrected chi connectivity index (χ0v) is 17.1. The average molecular weight is 396 g/mol. The Morgan fingerprint density at radius 2 is 2.10 bits per heavy atom. The highest BCUT2D eigenvalue weighted by atomic mass is 16.5. The number of methoxy groups -OCH3 is 1. The number of anilines is 2. The van der Waals surface area contributed by atoms with Crippen LogP contribution in [0.25, 0.3) is 11.0 Å². The number of nitrogens with zero attached hydrogens (tertiary/aromatic N) is 5. The third kappa shape index (κ3) is 3.83. The summed E-state index contributed by atoms with van der Waals surface area (Å²) in [7, 11) is 1.69. The third-order valence-electron chi connectivity index (χ3n) is 5.50. The molecule has 3 heterocycles. The minimum Gasteiger partial charge on any atom is -0.496 e. The molecule has 0 radical (unpaired) electrons. The van der Waals surface area contributed by atoms with Crippen molar-refractivity contribution in [3.8, 4) is 5.75 Å². The van der Waals surface area contributed by atoms with Crippen molar-refractivity contribution in [2.24, 2.45) is 0 Å². The van der Waals surface area contributed by atoms with Gasteiger partial charge in [0, 0.05) is 37.3 Å². The molecule has 1 saturated heterocycles. The predicted octanol–water partition coefficient (Wildman–Crippen LogP) is 1.40. The second kappa shape index (κ2) is 7.84. The monoisotopic (exact) mass is 396 g/mol. The SMILES string of the molecule is COc1cc(C2CN(C(C)C)CCN2)ccc1Cn1ncc2nc(N)nc(N)c21. The fourth-order valence-corrected chi connectivity index (χ4v) is 3.90. The molecular weight excluding hydrogens is 368 g/mol. The summed E-state index contributed by atoms with van der Waals surface area (Å²) in [6, 6.07) is 7.18. The molecule has 1 atom stereocenters. The molecule has 9 heteroatoms. The largest absolute Gasteiger partial charge is 0.496 e. The molecule has 1 aliphatic heterocycles. The van der Waals surface area contributed by atoms with Gasteiger partial charge in [-0.05, 0) is 25.5 Å². The lowest BCUT2D eigenvalue weighted by atomic mass is 10.0. The van der Waals surface area contributed by atoms with Gasteiger partial charge in [0.25, 0.3) is 0 Å². The van der Waals surface area contributed by atoms with Crippen molar-refractivity contribution in [2.75, 3.05) is 38.2 Å². The van der Waals surface area contributed by atoms with Gasteiger partial charge in [0.2, 0.25) is 5.95 Å². The number of nitrogen functional groups attached to an aromatic ring is 2. The summed E-state index contributed by atoms with van der Waals surface area (Å²) in [4.78, 5) is 10.7. The van der Waals surface area contributed by atoms with E-state index < -0.39 is 0 Å². The quantitative estimate of drug-likeness (QED) is 0.592. The molecule has 0 spiro atoms. The Morgan fingerprint density at radius 1 is 1.28 bits per heavy atom. The van der Waals surface area contributed by atoms with Crippen molar-refractivity contribution in [3.05, 3.63) is 35.5 Å². The lowest BCUT2D eigenvalue weighted by Gasteiger charge is -2.36. The minimum absolute atomic E-state index is 0.145. The van der Waals surface area contributed by atoms with E-state index in [0.717, 1.165) is 30.9 Å². The smallest absolute Gasteiger partial charge is 0.222 e. The van der Waals surface area contributed by atoms with Gasteiger partial charge in [-0.2, -0.15) is 10.1 Å². The fraction of sp³-hybridized carbons (Fsp3) is 0.450. The molecule has 0 bridgehead atoms.